The molecule has 1 atom stereocenters. The number of hydrogen-bond donors (Lipinski definition) is 0. The first-order valence-electron chi connectivity index (χ1n) is 12.0. The number of ether oxygens (including phenoxy) is 1. The van der Waals surface area contributed by atoms with Crippen molar-refractivity contribution >= 4 is 38.9 Å². The number of carbonyl (C=O) groups is 1. The van der Waals surface area contributed by atoms with Gasteiger partial charge in [0.2, 0.25) is 15.9 Å². The minimum absolute atomic E-state index is 0.0619. The largest absolute Gasteiger partial charge is 0.491 e. The van der Waals surface area contributed by atoms with E-state index in [2.05, 4.69) is 0 Å². The van der Waals surface area contributed by atoms with Crippen molar-refractivity contribution in [3.05, 3.63) is 81.0 Å². The molecule has 2 aromatic carbocycles. The highest BCUT2D eigenvalue weighted by Gasteiger charge is 2.35. The van der Waals surface area contributed by atoms with E-state index < -0.39 is 10.0 Å². The van der Waals surface area contributed by atoms with Crippen molar-refractivity contribution in [3.8, 4) is 5.75 Å². The summed E-state index contributed by atoms with van der Waals surface area (Å²) in [4.78, 5) is 16.9. The normalized spacial score (nSPS) is 15.8. The van der Waals surface area contributed by atoms with Crippen LogP contribution >= 0.6 is 22.9 Å². The topological polar surface area (TPSA) is 66.9 Å². The van der Waals surface area contributed by atoms with Gasteiger partial charge in [0.1, 0.15) is 12.4 Å². The third-order valence-corrected chi connectivity index (χ3v) is 9.25. The fraction of sp³-hybridized carbons (Fsp3) is 0.370. The number of aryl methyl sites for hydroxylation is 1. The van der Waals surface area contributed by atoms with Gasteiger partial charge in [-0.2, -0.15) is 4.31 Å². The minimum Gasteiger partial charge on any atom is -0.491 e. The second kappa shape index (κ2) is 11.3. The Labute approximate surface area is 222 Å². The number of thiophene rings is 1. The number of amides is 1. The summed E-state index contributed by atoms with van der Waals surface area (Å²) in [6.45, 7) is 6.63. The Morgan fingerprint density at radius 3 is 2.50 bits per heavy atom. The Morgan fingerprint density at radius 1 is 1.14 bits per heavy atom. The zero-order chi connectivity index (χ0) is 25.9. The number of sulfonamides is 1. The fourth-order valence-corrected chi connectivity index (χ4v) is 6.94. The van der Waals surface area contributed by atoms with E-state index >= 15 is 0 Å². The molecule has 3 aromatic rings. The first kappa shape index (κ1) is 26.7. The van der Waals surface area contributed by atoms with Gasteiger partial charge in [0.15, 0.2) is 0 Å². The minimum atomic E-state index is -3.83. The molecule has 1 aliphatic heterocycles. The maximum atomic E-state index is 13.7. The maximum Gasteiger partial charge on any atom is 0.243 e. The Kier molecular flexibility index (Phi) is 8.40. The van der Waals surface area contributed by atoms with Gasteiger partial charge in [0, 0.05) is 23.0 Å². The summed E-state index contributed by atoms with van der Waals surface area (Å²) in [7, 11) is -3.83. The zero-order valence-electron chi connectivity index (χ0n) is 20.7. The van der Waals surface area contributed by atoms with Gasteiger partial charge in [-0.1, -0.05) is 43.1 Å². The SMILES string of the molecule is Cc1ccc(S(=O)(=O)N(CC(=O)N2CCc3sccc3[C@@H]2COc2ccc(Cl)cc2)CC(C)C)cc1. The van der Waals surface area contributed by atoms with Crippen LogP contribution < -0.4 is 4.74 Å². The van der Waals surface area contributed by atoms with Gasteiger partial charge in [-0.3, -0.25) is 4.79 Å². The molecule has 0 N–H and O–H groups in total. The van der Waals surface area contributed by atoms with E-state index in [1.165, 1.54) is 9.18 Å². The van der Waals surface area contributed by atoms with Crippen molar-refractivity contribution in [1.82, 2.24) is 9.21 Å². The van der Waals surface area contributed by atoms with Crippen LogP contribution in [0.15, 0.2) is 64.9 Å². The standard InChI is InChI=1S/C27H31ClN2O4S2/c1-19(2)16-29(36(32,33)23-10-4-20(3)5-11-23)17-27(31)30-14-12-26-24(13-15-35-26)25(30)18-34-22-8-6-21(28)7-9-22/h4-11,13,15,19,25H,12,14,16-18H2,1-3H3/t25-/m0/s1. The maximum absolute atomic E-state index is 13.7. The summed E-state index contributed by atoms with van der Waals surface area (Å²) in [6.07, 6.45) is 0.741. The highest BCUT2D eigenvalue weighted by molar-refractivity contribution is 7.89. The van der Waals surface area contributed by atoms with Crippen LogP contribution in [0.3, 0.4) is 0 Å². The lowest BCUT2D eigenvalue weighted by Crippen LogP contribution is -2.48. The molecule has 0 saturated heterocycles. The van der Waals surface area contributed by atoms with Crippen LogP contribution in [-0.2, 0) is 21.2 Å². The number of fused-ring (bicyclic) bond motifs is 1. The monoisotopic (exact) mass is 546 g/mol. The molecule has 1 aromatic heterocycles. The summed E-state index contributed by atoms with van der Waals surface area (Å²) in [5.41, 5.74) is 2.04. The molecule has 36 heavy (non-hydrogen) atoms. The quantitative estimate of drug-likeness (QED) is 0.352. The summed E-state index contributed by atoms with van der Waals surface area (Å²) in [5.74, 6) is 0.498. The number of hydrogen-bond acceptors (Lipinski definition) is 5. The van der Waals surface area contributed by atoms with Gasteiger partial charge in [-0.15, -0.1) is 11.3 Å². The van der Waals surface area contributed by atoms with Crippen molar-refractivity contribution in [2.75, 3.05) is 26.2 Å². The highest BCUT2D eigenvalue weighted by atomic mass is 35.5. The van der Waals surface area contributed by atoms with Gasteiger partial charge >= 0.3 is 0 Å². The van der Waals surface area contributed by atoms with Crippen LogP contribution in [0.25, 0.3) is 0 Å². The number of rotatable bonds is 9. The molecule has 0 saturated carbocycles. The van der Waals surface area contributed by atoms with Crippen molar-refractivity contribution < 1.29 is 17.9 Å². The fourth-order valence-electron chi connectivity index (χ4n) is 4.34. The van der Waals surface area contributed by atoms with Gasteiger partial charge < -0.3 is 9.64 Å². The summed E-state index contributed by atoms with van der Waals surface area (Å²) >= 11 is 7.66. The number of nitrogens with zero attached hydrogens (tertiary/aromatic N) is 2. The van der Waals surface area contributed by atoms with E-state index in [4.69, 9.17) is 16.3 Å². The number of carbonyl (C=O) groups excluding carboxylic acids is 1. The van der Waals surface area contributed by atoms with Gasteiger partial charge in [0.25, 0.3) is 0 Å². The first-order valence-corrected chi connectivity index (χ1v) is 14.7. The predicted molar refractivity (Wildman–Crippen MR) is 144 cm³/mol. The Morgan fingerprint density at radius 2 is 1.83 bits per heavy atom. The van der Waals surface area contributed by atoms with Crippen molar-refractivity contribution in [1.29, 1.82) is 0 Å². The van der Waals surface area contributed by atoms with E-state index in [9.17, 15) is 13.2 Å². The van der Waals surface area contributed by atoms with Crippen LogP contribution in [0.4, 0.5) is 0 Å². The third-order valence-electron chi connectivity index (χ3n) is 6.18. The van der Waals surface area contributed by atoms with Crippen molar-refractivity contribution in [2.24, 2.45) is 5.92 Å². The highest BCUT2D eigenvalue weighted by Crippen LogP contribution is 2.34. The molecule has 0 radical (unpaired) electrons. The van der Waals surface area contributed by atoms with E-state index in [-0.39, 0.29) is 42.5 Å². The Hall–Kier alpha value is -2.39. The summed E-state index contributed by atoms with van der Waals surface area (Å²) in [6, 6.07) is 15.6. The number of benzene rings is 2. The van der Waals surface area contributed by atoms with Crippen molar-refractivity contribution in [3.63, 3.8) is 0 Å². The predicted octanol–water partition coefficient (Wildman–Crippen LogP) is 5.56. The lowest BCUT2D eigenvalue weighted by atomic mass is 10.0. The molecule has 0 unspecified atom stereocenters. The average molecular weight is 547 g/mol. The Bertz CT molecular complexity index is 1290. The summed E-state index contributed by atoms with van der Waals surface area (Å²) < 4.78 is 34.3. The average Bonchev–Trinajstić information content (AvgIpc) is 3.32. The molecule has 9 heteroatoms. The van der Waals surface area contributed by atoms with E-state index in [0.29, 0.717) is 17.3 Å². The molecule has 0 aliphatic carbocycles. The second-order valence-electron chi connectivity index (χ2n) is 9.42. The molecule has 2 heterocycles. The number of halogens is 1. The van der Waals surface area contributed by atoms with Crippen molar-refractivity contribution in [2.45, 2.75) is 38.1 Å². The van der Waals surface area contributed by atoms with Crippen LogP contribution in [0, 0.1) is 12.8 Å². The van der Waals surface area contributed by atoms with Gasteiger partial charge in [-0.25, -0.2) is 8.42 Å². The van der Waals surface area contributed by atoms with Crippen LogP contribution in [0.2, 0.25) is 5.02 Å². The lowest BCUT2D eigenvalue weighted by molar-refractivity contribution is -0.135. The van der Waals surface area contributed by atoms with E-state index in [0.717, 1.165) is 17.5 Å². The van der Waals surface area contributed by atoms with E-state index in [1.54, 1.807) is 64.8 Å². The van der Waals surface area contributed by atoms with Gasteiger partial charge in [-0.05, 0) is 72.7 Å². The molecule has 0 spiro atoms. The molecule has 1 aliphatic rings. The first-order chi connectivity index (χ1) is 17.1. The third kappa shape index (κ3) is 6.11. The second-order valence-corrected chi connectivity index (χ2v) is 12.8. The lowest BCUT2D eigenvalue weighted by Gasteiger charge is -2.37. The summed E-state index contributed by atoms with van der Waals surface area (Å²) in [5, 5.41) is 2.65. The zero-order valence-corrected chi connectivity index (χ0v) is 23.1. The molecule has 0 bridgehead atoms. The van der Waals surface area contributed by atoms with Crippen LogP contribution in [0.5, 0.6) is 5.75 Å². The van der Waals surface area contributed by atoms with E-state index in [1.807, 2.05) is 32.2 Å². The molecule has 0 fully saturated rings. The molecule has 6 nitrogen and oxygen atoms in total. The smallest absolute Gasteiger partial charge is 0.243 e. The molecule has 4 rings (SSSR count). The molecular weight excluding hydrogens is 516 g/mol. The van der Waals surface area contributed by atoms with Crippen LogP contribution in [-0.4, -0.2) is 49.8 Å². The Balaban J connectivity index is 1.57. The molecular formula is C27H31ClN2O4S2. The van der Waals surface area contributed by atoms with Gasteiger partial charge in [0.05, 0.1) is 17.5 Å². The van der Waals surface area contributed by atoms with Crippen LogP contribution in [0.1, 0.15) is 35.9 Å². The molecule has 192 valence electrons. The molecule has 1 amide bonds.